The fourth-order valence-corrected chi connectivity index (χ4v) is 2.62. The number of carbonyl (C=O) groups excluding carboxylic acids is 1. The molecular weight excluding hydrogens is 306 g/mol. The van der Waals surface area contributed by atoms with Crippen LogP contribution in [0.15, 0.2) is 57.7 Å². The molecule has 0 atom stereocenters. The van der Waals surface area contributed by atoms with Crippen molar-refractivity contribution in [1.29, 1.82) is 0 Å². The molecule has 0 saturated heterocycles. The first kappa shape index (κ1) is 16.0. The number of aliphatic hydroxyl groups excluding tert-OH is 1. The van der Waals surface area contributed by atoms with Crippen LogP contribution in [-0.2, 0) is 0 Å². The number of aliphatic hydroxyl groups is 1. The van der Waals surface area contributed by atoms with Crippen LogP contribution in [0.5, 0.6) is 0 Å². The molecule has 1 aromatic heterocycles. The van der Waals surface area contributed by atoms with Gasteiger partial charge in [-0.1, -0.05) is 36.4 Å². The molecule has 0 bridgehead atoms. The summed E-state index contributed by atoms with van der Waals surface area (Å²) in [7, 11) is 0. The van der Waals surface area contributed by atoms with E-state index in [9.17, 15) is 9.59 Å². The molecule has 0 aliphatic carbocycles. The molecule has 3 aromatic rings. The van der Waals surface area contributed by atoms with Crippen molar-refractivity contribution in [2.75, 3.05) is 13.2 Å². The number of rotatable bonds is 4. The summed E-state index contributed by atoms with van der Waals surface area (Å²) in [5.41, 5.74) is 1.64. The van der Waals surface area contributed by atoms with Crippen LogP contribution in [0.2, 0.25) is 0 Å². The molecule has 1 amide bonds. The van der Waals surface area contributed by atoms with Crippen LogP contribution in [0.1, 0.15) is 15.9 Å². The molecule has 0 unspecified atom stereocenters. The topological polar surface area (TPSA) is 79.5 Å². The smallest absolute Gasteiger partial charge is 0.255 e. The third kappa shape index (κ3) is 2.81. The summed E-state index contributed by atoms with van der Waals surface area (Å²) in [5, 5.41) is 11.8. The second-order valence-electron chi connectivity index (χ2n) is 5.41. The third-order valence-electron chi connectivity index (χ3n) is 3.82. The van der Waals surface area contributed by atoms with Gasteiger partial charge in [-0.15, -0.1) is 0 Å². The fraction of sp³-hybridized carbons (Fsp3) is 0.158. The van der Waals surface area contributed by atoms with Gasteiger partial charge in [0.15, 0.2) is 11.0 Å². The Bertz CT molecular complexity index is 945. The normalized spacial score (nSPS) is 10.8. The van der Waals surface area contributed by atoms with Crippen LogP contribution in [0.25, 0.3) is 22.3 Å². The molecule has 24 heavy (non-hydrogen) atoms. The molecule has 5 nitrogen and oxygen atoms in total. The van der Waals surface area contributed by atoms with Crippen molar-refractivity contribution in [2.45, 2.75) is 6.92 Å². The predicted octanol–water partition coefficient (Wildman–Crippen LogP) is 2.49. The second kappa shape index (κ2) is 6.68. The van der Waals surface area contributed by atoms with E-state index in [0.717, 1.165) is 5.56 Å². The molecule has 0 aliphatic heterocycles. The molecule has 2 aromatic carbocycles. The molecule has 122 valence electrons. The van der Waals surface area contributed by atoms with Gasteiger partial charge < -0.3 is 14.8 Å². The van der Waals surface area contributed by atoms with Gasteiger partial charge in [0, 0.05) is 17.7 Å². The number of benzene rings is 2. The van der Waals surface area contributed by atoms with Crippen molar-refractivity contribution in [3.8, 4) is 11.3 Å². The maximum Gasteiger partial charge on any atom is 0.255 e. The highest BCUT2D eigenvalue weighted by atomic mass is 16.3. The van der Waals surface area contributed by atoms with Gasteiger partial charge in [0.25, 0.3) is 5.91 Å². The Balaban J connectivity index is 2.25. The van der Waals surface area contributed by atoms with Gasteiger partial charge in [-0.3, -0.25) is 9.59 Å². The quantitative estimate of drug-likeness (QED) is 0.773. The van der Waals surface area contributed by atoms with E-state index < -0.39 is 0 Å². The minimum atomic E-state index is -0.388. The number of hydrogen-bond acceptors (Lipinski definition) is 4. The average molecular weight is 323 g/mol. The first-order valence-corrected chi connectivity index (χ1v) is 7.64. The van der Waals surface area contributed by atoms with E-state index in [1.807, 2.05) is 30.3 Å². The largest absolute Gasteiger partial charge is 0.455 e. The molecule has 1 heterocycles. The van der Waals surface area contributed by atoms with Crippen LogP contribution < -0.4 is 10.7 Å². The van der Waals surface area contributed by atoms with E-state index in [1.54, 1.807) is 25.1 Å². The van der Waals surface area contributed by atoms with E-state index in [-0.39, 0.29) is 35.6 Å². The van der Waals surface area contributed by atoms with E-state index in [1.165, 1.54) is 0 Å². The van der Waals surface area contributed by atoms with Crippen LogP contribution in [0.4, 0.5) is 0 Å². The summed E-state index contributed by atoms with van der Waals surface area (Å²) >= 11 is 0. The van der Waals surface area contributed by atoms with E-state index in [4.69, 9.17) is 9.52 Å². The zero-order valence-corrected chi connectivity index (χ0v) is 13.2. The predicted molar refractivity (Wildman–Crippen MR) is 92.1 cm³/mol. The van der Waals surface area contributed by atoms with Crippen molar-refractivity contribution in [2.24, 2.45) is 0 Å². The lowest BCUT2D eigenvalue weighted by atomic mass is 10.0. The van der Waals surface area contributed by atoms with Crippen LogP contribution in [0, 0.1) is 6.92 Å². The summed E-state index contributed by atoms with van der Waals surface area (Å²) in [5.74, 6) is 0.0659. The van der Waals surface area contributed by atoms with E-state index in [0.29, 0.717) is 16.7 Å². The Morgan fingerprint density at radius 2 is 1.88 bits per heavy atom. The van der Waals surface area contributed by atoms with Crippen molar-refractivity contribution in [3.63, 3.8) is 0 Å². The molecule has 0 fully saturated rings. The van der Waals surface area contributed by atoms with Gasteiger partial charge in [-0.2, -0.15) is 0 Å². The molecule has 5 heteroatoms. The number of nitrogens with one attached hydrogen (secondary N) is 1. The third-order valence-corrected chi connectivity index (χ3v) is 3.82. The number of para-hydroxylation sites is 1. The molecule has 2 N–H and O–H groups in total. The van der Waals surface area contributed by atoms with E-state index in [2.05, 4.69) is 5.32 Å². The zero-order chi connectivity index (χ0) is 17.1. The zero-order valence-electron chi connectivity index (χ0n) is 13.2. The summed E-state index contributed by atoms with van der Waals surface area (Å²) in [6.07, 6.45) is 0. The Hall–Kier alpha value is -2.92. The van der Waals surface area contributed by atoms with Gasteiger partial charge in [-0.05, 0) is 19.1 Å². The van der Waals surface area contributed by atoms with Gasteiger partial charge in [-0.25, -0.2) is 0 Å². The van der Waals surface area contributed by atoms with Gasteiger partial charge >= 0.3 is 0 Å². The molecule has 3 rings (SSSR count). The Morgan fingerprint density at radius 1 is 1.12 bits per heavy atom. The monoisotopic (exact) mass is 323 g/mol. The highest BCUT2D eigenvalue weighted by Crippen LogP contribution is 2.27. The minimum absolute atomic E-state index is 0.136. The minimum Gasteiger partial charge on any atom is -0.455 e. The molecule has 0 radical (unpaired) electrons. The highest BCUT2D eigenvalue weighted by molar-refractivity contribution is 6.05. The lowest BCUT2D eigenvalue weighted by molar-refractivity contribution is 0.0945. The lowest BCUT2D eigenvalue weighted by Gasteiger charge is -2.10. The number of amides is 1. The number of hydrogen-bond donors (Lipinski definition) is 2. The van der Waals surface area contributed by atoms with Crippen molar-refractivity contribution in [3.05, 3.63) is 69.9 Å². The van der Waals surface area contributed by atoms with Gasteiger partial charge in [0.1, 0.15) is 5.76 Å². The van der Waals surface area contributed by atoms with Crippen molar-refractivity contribution in [1.82, 2.24) is 5.32 Å². The molecular formula is C19H17NO4. The van der Waals surface area contributed by atoms with Crippen LogP contribution >= 0.6 is 0 Å². The summed E-state index contributed by atoms with van der Waals surface area (Å²) < 4.78 is 5.97. The molecule has 0 spiro atoms. The summed E-state index contributed by atoms with van der Waals surface area (Å²) in [6, 6.07) is 14.2. The maximum atomic E-state index is 12.7. The SMILES string of the molecule is Cc1c(-c2ccccc2)oc2c(C(=O)NCCO)cccc2c1=O. The van der Waals surface area contributed by atoms with Crippen molar-refractivity contribution < 1.29 is 14.3 Å². The highest BCUT2D eigenvalue weighted by Gasteiger charge is 2.17. The van der Waals surface area contributed by atoms with Gasteiger partial charge in [0.05, 0.1) is 17.6 Å². The molecule has 0 aliphatic rings. The number of carbonyl (C=O) groups is 1. The summed E-state index contributed by atoms with van der Waals surface area (Å²) in [4.78, 5) is 25.0. The standard InChI is InChI=1S/C19H17NO4/c1-12-16(22)14-8-5-9-15(19(23)20-10-11-21)18(14)24-17(12)13-6-3-2-4-7-13/h2-9,21H,10-11H2,1H3,(H,20,23). The summed E-state index contributed by atoms with van der Waals surface area (Å²) in [6.45, 7) is 1.69. The molecule has 0 saturated carbocycles. The van der Waals surface area contributed by atoms with E-state index >= 15 is 0 Å². The lowest BCUT2D eigenvalue weighted by Crippen LogP contribution is -2.26. The first-order chi connectivity index (χ1) is 11.6. The maximum absolute atomic E-state index is 12.7. The van der Waals surface area contributed by atoms with Crippen molar-refractivity contribution >= 4 is 16.9 Å². The second-order valence-corrected chi connectivity index (χ2v) is 5.41. The van der Waals surface area contributed by atoms with Gasteiger partial charge in [0.2, 0.25) is 0 Å². The fourth-order valence-electron chi connectivity index (χ4n) is 2.62. The Morgan fingerprint density at radius 3 is 2.58 bits per heavy atom. The van der Waals surface area contributed by atoms with Crippen LogP contribution in [-0.4, -0.2) is 24.2 Å². The Kier molecular flexibility index (Phi) is 4.44. The average Bonchev–Trinajstić information content (AvgIpc) is 2.63. The first-order valence-electron chi connectivity index (χ1n) is 7.64. The van der Waals surface area contributed by atoms with Crippen LogP contribution in [0.3, 0.4) is 0 Å². The Labute approximate surface area is 138 Å². The number of fused-ring (bicyclic) bond motifs is 1.